The Morgan fingerprint density at radius 1 is 1.17 bits per heavy atom. The summed E-state index contributed by atoms with van der Waals surface area (Å²) in [5.41, 5.74) is -0.700. The van der Waals surface area contributed by atoms with Crippen molar-refractivity contribution in [2.75, 3.05) is 12.0 Å². The van der Waals surface area contributed by atoms with E-state index < -0.39 is 45.7 Å². The summed E-state index contributed by atoms with van der Waals surface area (Å²) in [7, 11) is 1.20. The maximum Gasteiger partial charge on any atom is 0.337 e. The van der Waals surface area contributed by atoms with Crippen molar-refractivity contribution < 1.29 is 33.9 Å². The monoisotopic (exact) mass is 411 g/mol. The number of carbonyl (C=O) groups is 4. The van der Waals surface area contributed by atoms with Gasteiger partial charge < -0.3 is 9.84 Å². The first-order valence-corrected chi connectivity index (χ1v) is 8.30. The van der Waals surface area contributed by atoms with Crippen LogP contribution in [-0.4, -0.2) is 41.0 Å². The highest BCUT2D eigenvalue weighted by molar-refractivity contribution is 6.39. The number of amides is 4. The number of nitrogens with one attached hydrogen (secondary N) is 1. The number of esters is 1. The Kier molecular flexibility index (Phi) is 5.27. The van der Waals surface area contributed by atoms with Crippen LogP contribution in [0.2, 0.25) is 0 Å². The van der Waals surface area contributed by atoms with Crippen molar-refractivity contribution in [2.45, 2.75) is 0 Å². The van der Waals surface area contributed by atoms with Crippen molar-refractivity contribution in [3.05, 3.63) is 69.3 Å². The number of nitro benzene ring substituents is 1. The lowest BCUT2D eigenvalue weighted by molar-refractivity contribution is -0.385. The van der Waals surface area contributed by atoms with Crippen LogP contribution < -0.4 is 10.2 Å². The summed E-state index contributed by atoms with van der Waals surface area (Å²) in [6.07, 6.45) is 1.06. The average molecular weight is 411 g/mol. The number of benzene rings is 2. The zero-order valence-corrected chi connectivity index (χ0v) is 15.3. The molecule has 11 nitrogen and oxygen atoms in total. The Morgan fingerprint density at radius 2 is 1.83 bits per heavy atom. The molecule has 1 heterocycles. The quantitative estimate of drug-likeness (QED) is 0.253. The summed E-state index contributed by atoms with van der Waals surface area (Å²) < 4.78 is 4.58. The van der Waals surface area contributed by atoms with Gasteiger partial charge in [0.25, 0.3) is 11.8 Å². The Balaban J connectivity index is 1.99. The van der Waals surface area contributed by atoms with Gasteiger partial charge in [-0.25, -0.2) is 14.5 Å². The molecule has 1 aliphatic heterocycles. The molecule has 0 saturated carbocycles. The second-order valence-electron chi connectivity index (χ2n) is 6.00. The topological polar surface area (TPSA) is 156 Å². The summed E-state index contributed by atoms with van der Waals surface area (Å²) in [4.78, 5) is 59.5. The number of barbiturate groups is 1. The highest BCUT2D eigenvalue weighted by atomic mass is 16.6. The van der Waals surface area contributed by atoms with E-state index in [1.807, 2.05) is 5.32 Å². The summed E-state index contributed by atoms with van der Waals surface area (Å²) in [6, 6.07) is 7.62. The number of aromatic hydroxyl groups is 1. The van der Waals surface area contributed by atoms with Gasteiger partial charge in [-0.2, -0.15) is 0 Å². The number of nitrogens with zero attached hydrogens (tertiary/aromatic N) is 2. The molecule has 2 aromatic carbocycles. The molecule has 0 spiro atoms. The molecule has 4 amide bonds. The van der Waals surface area contributed by atoms with E-state index in [0.717, 1.165) is 18.2 Å². The number of carbonyl (C=O) groups excluding carboxylic acids is 4. The van der Waals surface area contributed by atoms with Gasteiger partial charge in [-0.05, 0) is 42.0 Å². The number of methoxy groups -OCH3 is 1. The van der Waals surface area contributed by atoms with E-state index in [4.69, 9.17) is 0 Å². The van der Waals surface area contributed by atoms with E-state index in [1.165, 1.54) is 37.4 Å². The van der Waals surface area contributed by atoms with E-state index in [9.17, 15) is 34.4 Å². The molecule has 2 aromatic rings. The molecule has 30 heavy (non-hydrogen) atoms. The Labute approximate surface area is 168 Å². The minimum atomic E-state index is -0.996. The van der Waals surface area contributed by atoms with Crippen molar-refractivity contribution in [1.82, 2.24) is 5.32 Å². The predicted octanol–water partition coefficient (Wildman–Crippen LogP) is 1.75. The van der Waals surface area contributed by atoms with Gasteiger partial charge in [0, 0.05) is 6.07 Å². The van der Waals surface area contributed by atoms with Crippen molar-refractivity contribution in [1.29, 1.82) is 0 Å². The summed E-state index contributed by atoms with van der Waals surface area (Å²) in [5.74, 6) is -3.14. The molecule has 1 saturated heterocycles. The van der Waals surface area contributed by atoms with Crippen LogP contribution >= 0.6 is 0 Å². The molecule has 0 aliphatic carbocycles. The molecule has 2 N–H and O–H groups in total. The number of hydrogen-bond acceptors (Lipinski definition) is 8. The fourth-order valence-electron chi connectivity index (χ4n) is 2.70. The number of hydrogen-bond donors (Lipinski definition) is 2. The van der Waals surface area contributed by atoms with E-state index in [0.29, 0.717) is 4.90 Å². The third-order valence-electron chi connectivity index (χ3n) is 4.16. The normalized spacial score (nSPS) is 15.2. The van der Waals surface area contributed by atoms with Crippen LogP contribution in [0.1, 0.15) is 15.9 Å². The van der Waals surface area contributed by atoms with Gasteiger partial charge >= 0.3 is 17.7 Å². The predicted molar refractivity (Wildman–Crippen MR) is 102 cm³/mol. The smallest absolute Gasteiger partial charge is 0.337 e. The van der Waals surface area contributed by atoms with Crippen molar-refractivity contribution in [2.24, 2.45) is 0 Å². The summed E-state index contributed by atoms with van der Waals surface area (Å²) >= 11 is 0. The number of rotatable bonds is 4. The molecule has 1 aliphatic rings. The Bertz CT molecular complexity index is 1120. The third-order valence-corrected chi connectivity index (χ3v) is 4.16. The van der Waals surface area contributed by atoms with Crippen LogP contribution in [-0.2, 0) is 14.3 Å². The van der Waals surface area contributed by atoms with Crippen LogP contribution in [0, 0.1) is 10.1 Å². The SMILES string of the molecule is COC(=O)c1ccc(N2C(=O)NC(=O)/C(=C\c3ccc(O)c([N+](=O)[O-])c3)C2=O)cc1. The molecular weight excluding hydrogens is 398 g/mol. The molecular formula is C19H13N3O8. The van der Waals surface area contributed by atoms with Gasteiger partial charge in [-0.1, -0.05) is 6.07 Å². The second-order valence-corrected chi connectivity index (χ2v) is 6.00. The highest BCUT2D eigenvalue weighted by Crippen LogP contribution is 2.28. The molecule has 152 valence electrons. The molecule has 3 rings (SSSR count). The minimum Gasteiger partial charge on any atom is -0.502 e. The number of nitro groups is 1. The molecule has 0 aromatic heterocycles. The maximum atomic E-state index is 12.8. The fourth-order valence-corrected chi connectivity index (χ4v) is 2.70. The second kappa shape index (κ2) is 7.83. The lowest BCUT2D eigenvalue weighted by Gasteiger charge is -2.26. The Hall–Kier alpha value is -4.54. The number of anilines is 1. The Morgan fingerprint density at radius 3 is 2.43 bits per heavy atom. The summed E-state index contributed by atoms with van der Waals surface area (Å²) in [5, 5.41) is 22.5. The zero-order valence-electron chi connectivity index (χ0n) is 15.3. The number of phenolic OH excluding ortho intramolecular Hbond substituents is 1. The van der Waals surface area contributed by atoms with Gasteiger partial charge in [0.05, 0.1) is 23.3 Å². The standard InChI is InChI=1S/C19H13N3O8/c1-30-18(26)11-3-5-12(6-4-11)21-17(25)13(16(24)20-19(21)27)8-10-2-7-15(23)14(9-10)22(28)29/h2-9,23H,1H3,(H,20,24,27)/b13-8+. The third kappa shape index (κ3) is 3.71. The number of phenols is 1. The van der Waals surface area contributed by atoms with Crippen molar-refractivity contribution in [3.63, 3.8) is 0 Å². The minimum absolute atomic E-state index is 0.0836. The largest absolute Gasteiger partial charge is 0.502 e. The maximum absolute atomic E-state index is 12.8. The number of imide groups is 2. The van der Waals surface area contributed by atoms with Crippen LogP contribution in [0.15, 0.2) is 48.0 Å². The first-order valence-electron chi connectivity index (χ1n) is 8.30. The lowest BCUT2D eigenvalue weighted by atomic mass is 10.1. The number of ether oxygens (including phenoxy) is 1. The van der Waals surface area contributed by atoms with E-state index in [-0.39, 0.29) is 16.8 Å². The first-order chi connectivity index (χ1) is 14.2. The van der Waals surface area contributed by atoms with E-state index in [2.05, 4.69) is 4.74 Å². The van der Waals surface area contributed by atoms with Gasteiger partial charge in [0.2, 0.25) is 0 Å². The zero-order chi connectivity index (χ0) is 22.0. The summed E-state index contributed by atoms with van der Waals surface area (Å²) in [6.45, 7) is 0. The average Bonchev–Trinajstić information content (AvgIpc) is 2.71. The molecule has 0 atom stereocenters. The van der Waals surface area contributed by atoms with Crippen molar-refractivity contribution >= 4 is 41.3 Å². The van der Waals surface area contributed by atoms with Crippen LogP contribution in [0.5, 0.6) is 5.75 Å². The van der Waals surface area contributed by atoms with E-state index >= 15 is 0 Å². The lowest BCUT2D eigenvalue weighted by Crippen LogP contribution is -2.54. The number of urea groups is 1. The highest BCUT2D eigenvalue weighted by Gasteiger charge is 2.37. The van der Waals surface area contributed by atoms with Crippen LogP contribution in [0.3, 0.4) is 0 Å². The molecule has 1 fully saturated rings. The van der Waals surface area contributed by atoms with E-state index in [1.54, 1.807) is 0 Å². The molecule has 0 bridgehead atoms. The van der Waals surface area contributed by atoms with Gasteiger partial charge in [-0.3, -0.25) is 25.0 Å². The first kappa shape index (κ1) is 20.2. The van der Waals surface area contributed by atoms with Gasteiger partial charge in [0.1, 0.15) is 5.57 Å². The fraction of sp³-hybridized carbons (Fsp3) is 0.0526. The van der Waals surface area contributed by atoms with Gasteiger partial charge in [-0.15, -0.1) is 0 Å². The van der Waals surface area contributed by atoms with Crippen LogP contribution in [0.4, 0.5) is 16.2 Å². The molecule has 11 heteroatoms. The van der Waals surface area contributed by atoms with Crippen LogP contribution in [0.25, 0.3) is 6.08 Å². The molecule has 0 unspecified atom stereocenters. The van der Waals surface area contributed by atoms with Gasteiger partial charge in [0.15, 0.2) is 5.75 Å². The van der Waals surface area contributed by atoms with Crippen molar-refractivity contribution in [3.8, 4) is 5.75 Å². The molecule has 0 radical (unpaired) electrons.